The largest absolute Gasteiger partial charge is 0.359 e. The average molecular weight is 305 g/mol. The summed E-state index contributed by atoms with van der Waals surface area (Å²) in [5.74, 6) is -4.27. The van der Waals surface area contributed by atoms with Crippen molar-refractivity contribution in [2.24, 2.45) is 0 Å². The predicted molar refractivity (Wildman–Crippen MR) is 67.2 cm³/mol. The normalized spacial score (nSPS) is 13.7. The second kappa shape index (κ2) is 5.84. The third-order valence-corrected chi connectivity index (χ3v) is 3.74. The zero-order valence-electron chi connectivity index (χ0n) is 10.4. The van der Waals surface area contributed by atoms with Gasteiger partial charge in [-0.05, 0) is 12.6 Å². The molecule has 0 radical (unpaired) electrons. The zero-order valence-corrected chi connectivity index (χ0v) is 11.2. The average Bonchev–Trinajstić information content (AvgIpc) is 2.91. The van der Waals surface area contributed by atoms with Gasteiger partial charge < -0.3 is 5.32 Å². The third-order valence-electron chi connectivity index (χ3n) is 2.67. The van der Waals surface area contributed by atoms with E-state index in [-0.39, 0.29) is 5.01 Å². The summed E-state index contributed by atoms with van der Waals surface area (Å²) in [4.78, 5) is 0. The summed E-state index contributed by atoms with van der Waals surface area (Å²) in [6, 6.07) is 8.49. The van der Waals surface area contributed by atoms with Crippen LogP contribution in [0, 0.1) is 0 Å². The number of nitrogens with zero attached hydrogens (tertiary/aromatic N) is 2. The molecule has 1 unspecified atom stereocenters. The first-order chi connectivity index (χ1) is 9.46. The monoisotopic (exact) mass is 305 g/mol. The lowest BCUT2D eigenvalue weighted by molar-refractivity contribution is -0.135. The summed E-state index contributed by atoms with van der Waals surface area (Å²) in [5.41, 5.74) is 0.790. The Balaban J connectivity index is 2.32. The van der Waals surface area contributed by atoms with Gasteiger partial charge in [0.25, 0.3) is 0 Å². The van der Waals surface area contributed by atoms with Crippen molar-refractivity contribution in [3.8, 4) is 0 Å². The van der Waals surface area contributed by atoms with Crippen LogP contribution in [-0.2, 0) is 5.92 Å². The van der Waals surface area contributed by atoms with Crippen LogP contribution in [0.4, 0.5) is 17.6 Å². The van der Waals surface area contributed by atoms with E-state index in [1.807, 2.05) is 6.07 Å². The van der Waals surface area contributed by atoms with E-state index < -0.39 is 23.4 Å². The van der Waals surface area contributed by atoms with Crippen LogP contribution in [0.1, 0.15) is 21.6 Å². The van der Waals surface area contributed by atoms with Gasteiger partial charge in [-0.2, -0.15) is 8.78 Å². The number of hydrogen-bond acceptors (Lipinski definition) is 4. The Morgan fingerprint density at radius 3 is 2.35 bits per heavy atom. The molecule has 0 saturated carbocycles. The highest BCUT2D eigenvalue weighted by Gasteiger charge is 2.46. The summed E-state index contributed by atoms with van der Waals surface area (Å²) < 4.78 is 51.0. The van der Waals surface area contributed by atoms with Crippen LogP contribution in [-0.4, -0.2) is 23.7 Å². The molecule has 0 fully saturated rings. The molecule has 0 aliphatic heterocycles. The molecule has 1 N–H and O–H groups in total. The summed E-state index contributed by atoms with van der Waals surface area (Å²) in [6.45, 7) is 0. The highest BCUT2D eigenvalue weighted by molar-refractivity contribution is 7.11. The van der Waals surface area contributed by atoms with Gasteiger partial charge in [0.1, 0.15) is 5.01 Å². The zero-order chi connectivity index (χ0) is 14.8. The number of alkyl halides is 4. The van der Waals surface area contributed by atoms with E-state index in [4.69, 9.17) is 0 Å². The molecule has 3 nitrogen and oxygen atoms in total. The van der Waals surface area contributed by atoms with Crippen LogP contribution in [0.5, 0.6) is 0 Å². The van der Waals surface area contributed by atoms with E-state index in [9.17, 15) is 17.6 Å². The number of nitrogens with one attached hydrogen (secondary N) is 1. The van der Waals surface area contributed by atoms with Gasteiger partial charge in [-0.15, -0.1) is 10.2 Å². The number of aromatic nitrogens is 2. The van der Waals surface area contributed by atoms with Gasteiger partial charge in [0.2, 0.25) is 0 Å². The van der Waals surface area contributed by atoms with Gasteiger partial charge >= 0.3 is 12.3 Å². The fourth-order valence-corrected chi connectivity index (χ4v) is 2.62. The Labute approximate surface area is 116 Å². The topological polar surface area (TPSA) is 37.8 Å². The first-order valence-electron chi connectivity index (χ1n) is 5.69. The Kier molecular flexibility index (Phi) is 4.34. The van der Waals surface area contributed by atoms with Crippen molar-refractivity contribution in [2.45, 2.75) is 18.4 Å². The molecular formula is C12H11F4N3S. The molecule has 108 valence electrons. The molecule has 2 rings (SSSR count). The Morgan fingerprint density at radius 1 is 1.15 bits per heavy atom. The molecule has 2 aromatic rings. The Bertz CT molecular complexity index is 559. The van der Waals surface area contributed by atoms with Crippen LogP contribution >= 0.6 is 11.3 Å². The lowest BCUT2D eigenvalue weighted by Gasteiger charge is -2.13. The molecule has 1 aromatic heterocycles. The predicted octanol–water partition coefficient (Wildman–Crippen LogP) is 3.20. The van der Waals surface area contributed by atoms with Crippen molar-refractivity contribution in [2.75, 3.05) is 7.05 Å². The fraction of sp³-hybridized carbons (Fsp3) is 0.333. The van der Waals surface area contributed by atoms with Gasteiger partial charge in [0.15, 0.2) is 5.01 Å². The van der Waals surface area contributed by atoms with E-state index in [1.165, 1.54) is 0 Å². The lowest BCUT2D eigenvalue weighted by atomic mass is 10.1. The first-order valence-corrected chi connectivity index (χ1v) is 6.50. The summed E-state index contributed by atoms with van der Waals surface area (Å²) in [7, 11) is 1.63. The number of hydrogen-bond donors (Lipinski definition) is 1. The van der Waals surface area contributed by atoms with E-state index in [0.717, 1.165) is 5.56 Å². The minimum atomic E-state index is -4.27. The van der Waals surface area contributed by atoms with Gasteiger partial charge in [0.05, 0.1) is 6.04 Å². The van der Waals surface area contributed by atoms with Crippen LogP contribution in [0.2, 0.25) is 0 Å². The molecule has 8 heteroatoms. The van der Waals surface area contributed by atoms with Gasteiger partial charge in [0, 0.05) is 0 Å². The van der Waals surface area contributed by atoms with E-state index in [1.54, 1.807) is 31.3 Å². The minimum Gasteiger partial charge on any atom is -0.307 e. The summed E-state index contributed by atoms with van der Waals surface area (Å²) in [6.07, 6.45) is -3.80. The first kappa shape index (κ1) is 14.9. The van der Waals surface area contributed by atoms with Crippen molar-refractivity contribution in [1.82, 2.24) is 15.5 Å². The second-order valence-electron chi connectivity index (χ2n) is 4.00. The molecule has 0 aliphatic carbocycles. The molecule has 1 heterocycles. The standard InChI is InChI=1S/C12H11F4N3S/c1-17-8(7-5-3-2-4-6-7)9-18-19-11(20-9)12(15,16)10(13)14/h2-6,8,10,17H,1H3. The summed E-state index contributed by atoms with van der Waals surface area (Å²) >= 11 is 0.481. The molecule has 0 aliphatic rings. The van der Waals surface area contributed by atoms with E-state index >= 15 is 0 Å². The smallest absolute Gasteiger partial charge is 0.307 e. The molecule has 1 aromatic carbocycles. The van der Waals surface area contributed by atoms with Gasteiger partial charge in [-0.3, -0.25) is 0 Å². The van der Waals surface area contributed by atoms with E-state index in [2.05, 4.69) is 15.5 Å². The molecule has 20 heavy (non-hydrogen) atoms. The quantitative estimate of drug-likeness (QED) is 0.862. The van der Waals surface area contributed by atoms with Crippen molar-refractivity contribution in [3.63, 3.8) is 0 Å². The Morgan fingerprint density at radius 2 is 1.80 bits per heavy atom. The maximum atomic E-state index is 13.2. The molecular weight excluding hydrogens is 294 g/mol. The third kappa shape index (κ3) is 2.80. The fourth-order valence-electron chi connectivity index (χ4n) is 1.66. The lowest BCUT2D eigenvalue weighted by Crippen LogP contribution is -2.23. The number of rotatable bonds is 5. The van der Waals surface area contributed by atoms with Crippen LogP contribution in [0.15, 0.2) is 30.3 Å². The van der Waals surface area contributed by atoms with Crippen molar-refractivity contribution in [3.05, 3.63) is 45.9 Å². The van der Waals surface area contributed by atoms with Crippen molar-refractivity contribution in [1.29, 1.82) is 0 Å². The Hall–Kier alpha value is -1.54. The maximum Gasteiger partial charge on any atom is 0.359 e. The van der Waals surface area contributed by atoms with Crippen LogP contribution < -0.4 is 5.32 Å². The van der Waals surface area contributed by atoms with Crippen LogP contribution in [0.25, 0.3) is 0 Å². The van der Waals surface area contributed by atoms with Crippen molar-refractivity contribution >= 4 is 11.3 Å². The molecule has 0 saturated heterocycles. The SMILES string of the molecule is CNC(c1ccccc1)c1nnc(C(F)(F)C(F)F)s1. The minimum absolute atomic E-state index is 0.217. The van der Waals surface area contributed by atoms with Gasteiger partial charge in [-0.1, -0.05) is 41.7 Å². The maximum absolute atomic E-state index is 13.2. The van der Waals surface area contributed by atoms with E-state index in [0.29, 0.717) is 11.3 Å². The highest BCUT2D eigenvalue weighted by Crippen LogP contribution is 2.37. The molecule has 1 atom stereocenters. The number of benzene rings is 1. The number of halogens is 4. The van der Waals surface area contributed by atoms with Gasteiger partial charge in [-0.25, -0.2) is 8.78 Å². The molecule has 0 bridgehead atoms. The second-order valence-corrected chi connectivity index (χ2v) is 5.01. The highest BCUT2D eigenvalue weighted by atomic mass is 32.1. The molecule has 0 amide bonds. The van der Waals surface area contributed by atoms with Crippen molar-refractivity contribution < 1.29 is 17.6 Å². The van der Waals surface area contributed by atoms with Crippen LogP contribution in [0.3, 0.4) is 0 Å². The summed E-state index contributed by atoms with van der Waals surface area (Å²) in [5, 5.41) is 8.95. The molecule has 0 spiro atoms.